The minimum Gasteiger partial charge on any atom is -0.454 e. The van der Waals surface area contributed by atoms with Crippen LogP contribution in [0.2, 0.25) is 0 Å². The summed E-state index contributed by atoms with van der Waals surface area (Å²) >= 11 is 5.09. The first-order valence-corrected chi connectivity index (χ1v) is 7.17. The van der Waals surface area contributed by atoms with Crippen LogP contribution in [0.4, 0.5) is 0 Å². The quantitative estimate of drug-likeness (QED) is 0.515. The molecule has 4 nitrogen and oxygen atoms in total. The maximum atomic E-state index is 5.91. The summed E-state index contributed by atoms with van der Waals surface area (Å²) in [4.78, 5) is 0. The molecular formula is C15H19N3OS. The molecule has 1 aromatic carbocycles. The summed E-state index contributed by atoms with van der Waals surface area (Å²) in [7, 11) is 0. The van der Waals surface area contributed by atoms with Crippen molar-refractivity contribution in [2.45, 2.75) is 27.2 Å². The third kappa shape index (κ3) is 2.99. The molecule has 0 bridgehead atoms. The smallest absolute Gasteiger partial charge is 0.186 e. The van der Waals surface area contributed by atoms with Crippen LogP contribution in [0.5, 0.6) is 0 Å². The number of hydrazone groups is 1. The Balaban J connectivity index is 2.32. The number of thiocarbonyl (C=S) groups is 1. The lowest BCUT2D eigenvalue weighted by molar-refractivity contribution is 0.598. The maximum absolute atomic E-state index is 5.91. The summed E-state index contributed by atoms with van der Waals surface area (Å²) in [6.07, 6.45) is 0.900. The third-order valence-corrected chi connectivity index (χ3v) is 3.28. The van der Waals surface area contributed by atoms with Crippen molar-refractivity contribution in [3.8, 4) is 0 Å². The number of fused-ring (bicyclic) bond motifs is 1. The van der Waals surface area contributed by atoms with Gasteiger partial charge in [0.15, 0.2) is 10.9 Å². The maximum Gasteiger partial charge on any atom is 0.186 e. The van der Waals surface area contributed by atoms with Gasteiger partial charge in [-0.05, 0) is 38.6 Å². The number of nitrogens with one attached hydrogen (secondary N) is 2. The van der Waals surface area contributed by atoms with Crippen molar-refractivity contribution in [2.24, 2.45) is 5.10 Å². The number of hydrogen-bond donors (Lipinski definition) is 2. The predicted octanol–water partition coefficient (Wildman–Crippen LogP) is 3.20. The zero-order chi connectivity index (χ0) is 14.5. The molecular weight excluding hydrogens is 270 g/mol. The molecule has 0 amide bonds. The van der Waals surface area contributed by atoms with Gasteiger partial charge in [0.1, 0.15) is 11.3 Å². The highest BCUT2D eigenvalue weighted by molar-refractivity contribution is 7.80. The van der Waals surface area contributed by atoms with E-state index in [4.69, 9.17) is 16.6 Å². The Morgan fingerprint density at radius 1 is 1.30 bits per heavy atom. The van der Waals surface area contributed by atoms with E-state index in [-0.39, 0.29) is 0 Å². The van der Waals surface area contributed by atoms with E-state index in [0.717, 1.165) is 35.4 Å². The molecule has 0 saturated heterocycles. The Hall–Kier alpha value is -1.88. The van der Waals surface area contributed by atoms with E-state index >= 15 is 0 Å². The van der Waals surface area contributed by atoms with Crippen LogP contribution in [-0.4, -0.2) is 17.4 Å². The normalized spacial score (nSPS) is 11.7. The molecule has 106 valence electrons. The first-order chi connectivity index (χ1) is 9.67. The minimum atomic E-state index is 0.515. The number of hydrogen-bond acceptors (Lipinski definition) is 3. The van der Waals surface area contributed by atoms with Crippen LogP contribution in [0.1, 0.15) is 32.1 Å². The van der Waals surface area contributed by atoms with Gasteiger partial charge in [0.25, 0.3) is 0 Å². The lowest BCUT2D eigenvalue weighted by atomic mass is 10.1. The first-order valence-electron chi connectivity index (χ1n) is 6.76. The fourth-order valence-electron chi connectivity index (χ4n) is 2.13. The SMILES string of the molecule is CCNC(=S)N/N=C(/C)c1oc2ccccc2c1CC. The molecule has 1 aromatic heterocycles. The van der Waals surface area contributed by atoms with Crippen LogP contribution >= 0.6 is 12.2 Å². The van der Waals surface area contributed by atoms with Crippen LogP contribution in [0.25, 0.3) is 11.0 Å². The zero-order valence-corrected chi connectivity index (χ0v) is 12.8. The van der Waals surface area contributed by atoms with E-state index in [1.165, 1.54) is 5.56 Å². The molecule has 0 fully saturated rings. The number of nitrogens with zero attached hydrogens (tertiary/aromatic N) is 1. The molecule has 2 N–H and O–H groups in total. The number of aryl methyl sites for hydroxylation is 1. The van der Waals surface area contributed by atoms with Gasteiger partial charge in [-0.1, -0.05) is 25.1 Å². The zero-order valence-electron chi connectivity index (χ0n) is 12.0. The Labute approximate surface area is 124 Å². The molecule has 2 aromatic rings. The fraction of sp³-hybridized carbons (Fsp3) is 0.333. The molecule has 0 saturated carbocycles. The molecule has 0 radical (unpaired) electrons. The average Bonchev–Trinajstić information content (AvgIpc) is 2.83. The van der Waals surface area contributed by atoms with Gasteiger partial charge in [0, 0.05) is 17.5 Å². The number of benzene rings is 1. The summed E-state index contributed by atoms with van der Waals surface area (Å²) in [6, 6.07) is 8.04. The van der Waals surface area contributed by atoms with Gasteiger partial charge in [-0.3, -0.25) is 5.43 Å². The summed E-state index contributed by atoms with van der Waals surface area (Å²) in [5.74, 6) is 0.820. The van der Waals surface area contributed by atoms with Crippen molar-refractivity contribution in [1.29, 1.82) is 0 Å². The van der Waals surface area contributed by atoms with Gasteiger partial charge in [-0.2, -0.15) is 5.10 Å². The Kier molecular flexibility index (Phi) is 4.74. The van der Waals surface area contributed by atoms with Crippen LogP contribution in [0, 0.1) is 0 Å². The lowest BCUT2D eigenvalue weighted by Crippen LogP contribution is -2.32. The van der Waals surface area contributed by atoms with Crippen molar-refractivity contribution in [2.75, 3.05) is 6.54 Å². The van der Waals surface area contributed by atoms with Crippen LogP contribution in [-0.2, 0) is 6.42 Å². The molecule has 0 spiro atoms. The predicted molar refractivity (Wildman–Crippen MR) is 87.2 cm³/mol. The summed E-state index contributed by atoms with van der Waals surface area (Å²) in [6.45, 7) is 6.79. The third-order valence-electron chi connectivity index (χ3n) is 3.04. The van der Waals surface area contributed by atoms with Crippen molar-refractivity contribution in [3.63, 3.8) is 0 Å². The van der Waals surface area contributed by atoms with E-state index in [2.05, 4.69) is 28.8 Å². The summed E-state index contributed by atoms with van der Waals surface area (Å²) in [5, 5.41) is 8.94. The Morgan fingerprint density at radius 2 is 2.05 bits per heavy atom. The van der Waals surface area contributed by atoms with E-state index in [1.807, 2.05) is 32.0 Å². The molecule has 0 atom stereocenters. The minimum absolute atomic E-state index is 0.515. The molecule has 1 heterocycles. The highest BCUT2D eigenvalue weighted by atomic mass is 32.1. The van der Waals surface area contributed by atoms with Crippen LogP contribution in [0.3, 0.4) is 0 Å². The molecule has 0 aliphatic heterocycles. The molecule has 2 rings (SSSR count). The number of furan rings is 1. The Morgan fingerprint density at radius 3 is 2.75 bits per heavy atom. The van der Waals surface area contributed by atoms with Crippen LogP contribution in [0.15, 0.2) is 33.8 Å². The second kappa shape index (κ2) is 6.52. The molecule has 5 heteroatoms. The van der Waals surface area contributed by atoms with Gasteiger partial charge in [-0.15, -0.1) is 0 Å². The van der Waals surface area contributed by atoms with E-state index < -0.39 is 0 Å². The first kappa shape index (κ1) is 14.5. The van der Waals surface area contributed by atoms with Crippen molar-refractivity contribution < 1.29 is 4.42 Å². The van der Waals surface area contributed by atoms with E-state index in [0.29, 0.717) is 5.11 Å². The fourth-order valence-corrected chi connectivity index (χ4v) is 2.32. The standard InChI is InChI=1S/C15H19N3OS/c1-4-11-12-8-6-7-9-13(12)19-14(11)10(3)17-18-15(20)16-5-2/h6-9H,4-5H2,1-3H3,(H2,16,18,20)/b17-10-. The largest absolute Gasteiger partial charge is 0.454 e. The summed E-state index contributed by atoms with van der Waals surface area (Å²) in [5.41, 5.74) is 5.69. The highest BCUT2D eigenvalue weighted by Gasteiger charge is 2.14. The van der Waals surface area contributed by atoms with Gasteiger partial charge < -0.3 is 9.73 Å². The van der Waals surface area contributed by atoms with E-state index in [9.17, 15) is 0 Å². The second-order valence-electron chi connectivity index (χ2n) is 4.43. The molecule has 0 aliphatic carbocycles. The van der Waals surface area contributed by atoms with Crippen molar-refractivity contribution >= 4 is 34.0 Å². The Bertz CT molecular complexity index is 646. The van der Waals surface area contributed by atoms with Gasteiger partial charge in [-0.25, -0.2) is 0 Å². The number of rotatable bonds is 4. The van der Waals surface area contributed by atoms with Crippen molar-refractivity contribution in [1.82, 2.24) is 10.7 Å². The highest BCUT2D eigenvalue weighted by Crippen LogP contribution is 2.26. The molecule has 0 aliphatic rings. The van der Waals surface area contributed by atoms with E-state index in [1.54, 1.807) is 0 Å². The van der Waals surface area contributed by atoms with Gasteiger partial charge >= 0.3 is 0 Å². The topological polar surface area (TPSA) is 49.6 Å². The molecule has 0 unspecified atom stereocenters. The lowest BCUT2D eigenvalue weighted by Gasteiger charge is -2.05. The van der Waals surface area contributed by atoms with Gasteiger partial charge in [0.2, 0.25) is 0 Å². The summed E-state index contributed by atoms with van der Waals surface area (Å²) < 4.78 is 5.91. The van der Waals surface area contributed by atoms with Crippen LogP contribution < -0.4 is 10.7 Å². The number of para-hydroxylation sites is 1. The average molecular weight is 289 g/mol. The molecule has 20 heavy (non-hydrogen) atoms. The second-order valence-corrected chi connectivity index (χ2v) is 4.84. The monoisotopic (exact) mass is 289 g/mol. The van der Waals surface area contributed by atoms with Gasteiger partial charge in [0.05, 0.1) is 0 Å². The van der Waals surface area contributed by atoms with Crippen molar-refractivity contribution in [3.05, 3.63) is 35.6 Å².